The summed E-state index contributed by atoms with van der Waals surface area (Å²) in [4.78, 5) is 11.6. The van der Waals surface area contributed by atoms with Crippen LogP contribution in [0.1, 0.15) is 0 Å². The summed E-state index contributed by atoms with van der Waals surface area (Å²) in [6, 6.07) is 7.47. The standard InChI is InChI=1S/C13H14FN3O2/c1-19-6-5-16-13(18)10(8-15)9-17-12-4-2-3-11(14)7-12/h2-4,7,9,17H,5-6H2,1H3,(H,16,18)/b10-9-. The number of nitrogens with zero attached hydrogens (tertiary/aromatic N) is 1. The number of ether oxygens (including phenoxy) is 1. The van der Waals surface area contributed by atoms with Gasteiger partial charge in [0.15, 0.2) is 0 Å². The fraction of sp³-hybridized carbons (Fsp3) is 0.231. The van der Waals surface area contributed by atoms with Crippen molar-refractivity contribution in [2.45, 2.75) is 0 Å². The van der Waals surface area contributed by atoms with Crippen LogP contribution in [0, 0.1) is 17.1 Å². The van der Waals surface area contributed by atoms with Gasteiger partial charge in [-0.3, -0.25) is 4.79 Å². The highest BCUT2D eigenvalue weighted by atomic mass is 19.1. The molecule has 100 valence electrons. The highest BCUT2D eigenvalue weighted by molar-refractivity contribution is 5.97. The molecule has 0 unspecified atom stereocenters. The minimum atomic E-state index is -0.511. The normalized spacial score (nSPS) is 10.7. The number of amides is 1. The molecule has 0 fully saturated rings. The number of hydrogen-bond donors (Lipinski definition) is 2. The first kappa shape index (κ1) is 14.7. The van der Waals surface area contributed by atoms with E-state index < -0.39 is 11.7 Å². The summed E-state index contributed by atoms with van der Waals surface area (Å²) in [6.45, 7) is 0.677. The van der Waals surface area contributed by atoms with Gasteiger partial charge in [0, 0.05) is 25.5 Å². The number of halogens is 1. The van der Waals surface area contributed by atoms with E-state index in [0.29, 0.717) is 18.8 Å². The van der Waals surface area contributed by atoms with E-state index in [1.807, 2.05) is 0 Å². The molecule has 1 aromatic rings. The molecule has 0 spiro atoms. The van der Waals surface area contributed by atoms with Gasteiger partial charge >= 0.3 is 0 Å². The topological polar surface area (TPSA) is 74.1 Å². The third-order valence-corrected chi connectivity index (χ3v) is 2.16. The lowest BCUT2D eigenvalue weighted by atomic mass is 10.2. The SMILES string of the molecule is COCCNC(=O)/C(C#N)=C\Nc1cccc(F)c1. The van der Waals surface area contributed by atoms with Gasteiger partial charge in [0.2, 0.25) is 0 Å². The van der Waals surface area contributed by atoms with Gasteiger partial charge in [-0.05, 0) is 18.2 Å². The molecule has 0 radical (unpaired) electrons. The quantitative estimate of drug-likeness (QED) is 0.462. The van der Waals surface area contributed by atoms with Gasteiger partial charge in [0.25, 0.3) is 5.91 Å². The maximum absolute atomic E-state index is 12.9. The molecule has 1 aromatic carbocycles. The molecule has 0 heterocycles. The number of carbonyl (C=O) groups is 1. The van der Waals surface area contributed by atoms with Crippen molar-refractivity contribution < 1.29 is 13.9 Å². The smallest absolute Gasteiger partial charge is 0.263 e. The Kier molecular flexibility index (Phi) is 6.06. The van der Waals surface area contributed by atoms with Crippen LogP contribution >= 0.6 is 0 Å². The van der Waals surface area contributed by atoms with Crippen LogP contribution in [0.4, 0.5) is 10.1 Å². The van der Waals surface area contributed by atoms with Crippen molar-refractivity contribution in [3.05, 3.63) is 41.9 Å². The Morgan fingerprint density at radius 1 is 1.58 bits per heavy atom. The van der Waals surface area contributed by atoms with E-state index in [0.717, 1.165) is 0 Å². The number of benzene rings is 1. The minimum Gasteiger partial charge on any atom is -0.383 e. The first-order chi connectivity index (χ1) is 9.17. The van der Waals surface area contributed by atoms with E-state index >= 15 is 0 Å². The summed E-state index contributed by atoms with van der Waals surface area (Å²) >= 11 is 0. The van der Waals surface area contributed by atoms with Crippen molar-refractivity contribution >= 4 is 11.6 Å². The fourth-order valence-corrected chi connectivity index (χ4v) is 1.24. The predicted molar refractivity (Wildman–Crippen MR) is 68.6 cm³/mol. The summed E-state index contributed by atoms with van der Waals surface area (Å²) in [5.74, 6) is -0.912. The molecule has 2 N–H and O–H groups in total. The Labute approximate surface area is 110 Å². The Bertz CT molecular complexity index is 509. The van der Waals surface area contributed by atoms with Gasteiger partial charge in [-0.2, -0.15) is 5.26 Å². The highest BCUT2D eigenvalue weighted by Gasteiger charge is 2.07. The van der Waals surface area contributed by atoms with E-state index in [2.05, 4.69) is 10.6 Å². The Balaban J connectivity index is 2.62. The fourth-order valence-electron chi connectivity index (χ4n) is 1.24. The number of anilines is 1. The number of rotatable bonds is 6. The van der Waals surface area contributed by atoms with Gasteiger partial charge in [0.05, 0.1) is 6.61 Å². The second-order valence-electron chi connectivity index (χ2n) is 3.57. The zero-order chi connectivity index (χ0) is 14.1. The van der Waals surface area contributed by atoms with Crippen LogP contribution < -0.4 is 10.6 Å². The lowest BCUT2D eigenvalue weighted by molar-refractivity contribution is -0.117. The monoisotopic (exact) mass is 263 g/mol. The van der Waals surface area contributed by atoms with Crippen LogP contribution in [0.3, 0.4) is 0 Å². The number of carbonyl (C=O) groups excluding carboxylic acids is 1. The lowest BCUT2D eigenvalue weighted by Crippen LogP contribution is -2.28. The summed E-state index contributed by atoms with van der Waals surface area (Å²) in [7, 11) is 1.51. The van der Waals surface area contributed by atoms with Crippen molar-refractivity contribution in [1.29, 1.82) is 5.26 Å². The molecule has 1 amide bonds. The van der Waals surface area contributed by atoms with Crippen molar-refractivity contribution in [3.63, 3.8) is 0 Å². The van der Waals surface area contributed by atoms with Crippen molar-refractivity contribution in [1.82, 2.24) is 5.32 Å². The van der Waals surface area contributed by atoms with Crippen LogP contribution in [-0.4, -0.2) is 26.2 Å². The zero-order valence-corrected chi connectivity index (χ0v) is 10.4. The summed E-state index contributed by atoms with van der Waals surface area (Å²) in [5.41, 5.74) is 0.359. The van der Waals surface area contributed by atoms with Gasteiger partial charge in [0.1, 0.15) is 17.5 Å². The Morgan fingerprint density at radius 2 is 2.37 bits per heavy atom. The molecule has 0 aliphatic heterocycles. The van der Waals surface area contributed by atoms with E-state index in [-0.39, 0.29) is 5.57 Å². The van der Waals surface area contributed by atoms with Crippen molar-refractivity contribution in [2.24, 2.45) is 0 Å². The molecule has 1 rings (SSSR count). The van der Waals surface area contributed by atoms with Crippen LogP contribution in [0.25, 0.3) is 0 Å². The molecule has 0 bridgehead atoms. The average molecular weight is 263 g/mol. The van der Waals surface area contributed by atoms with E-state index in [1.54, 1.807) is 12.1 Å². The molecule has 19 heavy (non-hydrogen) atoms. The Morgan fingerprint density at radius 3 is 3.00 bits per heavy atom. The van der Waals surface area contributed by atoms with Crippen LogP contribution in [0.2, 0.25) is 0 Å². The molecule has 0 aliphatic rings. The molecule has 6 heteroatoms. The molecule has 0 aliphatic carbocycles. The maximum atomic E-state index is 12.9. The number of methoxy groups -OCH3 is 1. The van der Waals surface area contributed by atoms with Gasteiger partial charge in [-0.1, -0.05) is 6.07 Å². The largest absolute Gasteiger partial charge is 0.383 e. The first-order valence-electron chi connectivity index (χ1n) is 5.57. The predicted octanol–water partition coefficient (Wildman–Crippen LogP) is 1.41. The molecule has 0 saturated carbocycles. The molecule has 5 nitrogen and oxygen atoms in total. The summed E-state index contributed by atoms with van der Waals surface area (Å²) in [5, 5.41) is 14.1. The summed E-state index contributed by atoms with van der Waals surface area (Å²) < 4.78 is 17.7. The second kappa shape index (κ2) is 7.84. The van der Waals surface area contributed by atoms with E-state index in [9.17, 15) is 9.18 Å². The number of hydrogen-bond acceptors (Lipinski definition) is 4. The third-order valence-electron chi connectivity index (χ3n) is 2.16. The van der Waals surface area contributed by atoms with E-state index in [4.69, 9.17) is 10.00 Å². The van der Waals surface area contributed by atoms with Crippen LogP contribution in [-0.2, 0) is 9.53 Å². The maximum Gasteiger partial charge on any atom is 0.263 e. The minimum absolute atomic E-state index is 0.0969. The number of nitriles is 1. The molecule has 0 saturated heterocycles. The molecular formula is C13H14FN3O2. The van der Waals surface area contributed by atoms with Crippen molar-refractivity contribution in [2.75, 3.05) is 25.6 Å². The van der Waals surface area contributed by atoms with Crippen LogP contribution in [0.15, 0.2) is 36.0 Å². The third kappa shape index (κ3) is 5.19. The molecule has 0 aromatic heterocycles. The molecular weight excluding hydrogens is 249 g/mol. The van der Waals surface area contributed by atoms with E-state index in [1.165, 1.54) is 31.5 Å². The molecule has 0 atom stereocenters. The van der Waals surface area contributed by atoms with Crippen molar-refractivity contribution in [3.8, 4) is 6.07 Å². The highest BCUT2D eigenvalue weighted by Crippen LogP contribution is 2.09. The Hall–Kier alpha value is -2.39. The first-order valence-corrected chi connectivity index (χ1v) is 5.57. The zero-order valence-electron chi connectivity index (χ0n) is 10.4. The van der Waals surface area contributed by atoms with Gasteiger partial charge < -0.3 is 15.4 Å². The van der Waals surface area contributed by atoms with Crippen LogP contribution in [0.5, 0.6) is 0 Å². The summed E-state index contributed by atoms with van der Waals surface area (Å²) in [6.07, 6.45) is 1.23. The van der Waals surface area contributed by atoms with Gasteiger partial charge in [-0.15, -0.1) is 0 Å². The lowest BCUT2D eigenvalue weighted by Gasteiger charge is -2.04. The second-order valence-corrected chi connectivity index (χ2v) is 3.57. The number of nitrogens with one attached hydrogen (secondary N) is 2. The average Bonchev–Trinajstić information content (AvgIpc) is 2.40. The van der Waals surface area contributed by atoms with Gasteiger partial charge in [-0.25, -0.2) is 4.39 Å².